The van der Waals surface area contributed by atoms with Crippen molar-refractivity contribution in [2.45, 2.75) is 38.8 Å². The monoisotopic (exact) mass is 252 g/mol. The standard InChI is InChI=1S/C10H20N2O3.ClH/c1-10(2,3)15-9(14)7-4-8(6-13)12(11)5-7;/h7-8,13H,4-6,11H2,1-3H3;1H. The largest absolute Gasteiger partial charge is 0.460 e. The van der Waals surface area contributed by atoms with E-state index >= 15 is 0 Å². The molecule has 1 saturated heterocycles. The smallest absolute Gasteiger partial charge is 0.310 e. The van der Waals surface area contributed by atoms with E-state index in [9.17, 15) is 4.79 Å². The first kappa shape index (κ1) is 15.6. The van der Waals surface area contributed by atoms with E-state index in [2.05, 4.69) is 0 Å². The molecule has 2 atom stereocenters. The van der Waals surface area contributed by atoms with E-state index in [1.54, 1.807) is 0 Å². The number of carbonyl (C=O) groups is 1. The van der Waals surface area contributed by atoms with Gasteiger partial charge in [0, 0.05) is 12.6 Å². The van der Waals surface area contributed by atoms with Crippen LogP contribution in [-0.4, -0.2) is 40.9 Å². The number of esters is 1. The highest BCUT2D eigenvalue weighted by Crippen LogP contribution is 2.23. The zero-order chi connectivity index (χ0) is 11.6. The van der Waals surface area contributed by atoms with Gasteiger partial charge in [-0.15, -0.1) is 12.4 Å². The topological polar surface area (TPSA) is 75.8 Å². The van der Waals surface area contributed by atoms with Crippen molar-refractivity contribution >= 4 is 18.4 Å². The van der Waals surface area contributed by atoms with Crippen molar-refractivity contribution in [2.75, 3.05) is 13.2 Å². The van der Waals surface area contributed by atoms with Crippen molar-refractivity contribution in [3.8, 4) is 0 Å². The third kappa shape index (κ3) is 4.25. The molecule has 0 spiro atoms. The number of aliphatic hydroxyl groups excluding tert-OH is 1. The van der Waals surface area contributed by atoms with Gasteiger partial charge in [-0.05, 0) is 27.2 Å². The number of ether oxygens (including phenoxy) is 1. The van der Waals surface area contributed by atoms with Gasteiger partial charge in [0.05, 0.1) is 12.5 Å². The quantitative estimate of drug-likeness (QED) is 0.546. The van der Waals surface area contributed by atoms with E-state index in [-0.39, 0.29) is 36.9 Å². The first-order valence-corrected chi connectivity index (χ1v) is 5.18. The zero-order valence-corrected chi connectivity index (χ0v) is 10.8. The maximum atomic E-state index is 11.7. The van der Waals surface area contributed by atoms with Crippen molar-refractivity contribution in [3.05, 3.63) is 0 Å². The molecule has 1 aliphatic heterocycles. The second-order valence-corrected chi connectivity index (χ2v) is 5.00. The molecule has 0 bridgehead atoms. The van der Waals surface area contributed by atoms with Crippen LogP contribution in [0.5, 0.6) is 0 Å². The van der Waals surface area contributed by atoms with E-state index < -0.39 is 5.60 Å². The van der Waals surface area contributed by atoms with Crippen LogP contribution < -0.4 is 5.84 Å². The van der Waals surface area contributed by atoms with Gasteiger partial charge in [-0.25, -0.2) is 5.01 Å². The minimum absolute atomic E-state index is 0. The summed E-state index contributed by atoms with van der Waals surface area (Å²) < 4.78 is 5.26. The molecule has 3 N–H and O–H groups in total. The molecule has 0 aliphatic carbocycles. The number of aliphatic hydroxyl groups is 1. The first-order chi connectivity index (χ1) is 6.83. The molecule has 0 amide bonds. The molecule has 5 nitrogen and oxygen atoms in total. The van der Waals surface area contributed by atoms with Gasteiger partial charge in [-0.1, -0.05) is 0 Å². The van der Waals surface area contributed by atoms with E-state index in [0.29, 0.717) is 13.0 Å². The molecule has 1 rings (SSSR count). The van der Waals surface area contributed by atoms with E-state index in [1.807, 2.05) is 20.8 Å². The summed E-state index contributed by atoms with van der Waals surface area (Å²) in [5.74, 6) is 5.20. The van der Waals surface area contributed by atoms with Gasteiger partial charge in [-0.2, -0.15) is 0 Å². The fourth-order valence-corrected chi connectivity index (χ4v) is 1.68. The van der Waals surface area contributed by atoms with Crippen LogP contribution >= 0.6 is 12.4 Å². The van der Waals surface area contributed by atoms with Gasteiger partial charge < -0.3 is 9.84 Å². The summed E-state index contributed by atoms with van der Waals surface area (Å²) in [6.07, 6.45) is 0.571. The number of halogens is 1. The van der Waals surface area contributed by atoms with Crippen LogP contribution in [0.1, 0.15) is 27.2 Å². The molecule has 1 heterocycles. The van der Waals surface area contributed by atoms with Crippen LogP contribution in [0.25, 0.3) is 0 Å². The average molecular weight is 253 g/mol. The number of hydrogen-bond donors (Lipinski definition) is 2. The van der Waals surface area contributed by atoms with E-state index in [1.165, 1.54) is 5.01 Å². The minimum Gasteiger partial charge on any atom is -0.460 e. The summed E-state index contributed by atoms with van der Waals surface area (Å²) in [6.45, 7) is 5.95. The van der Waals surface area contributed by atoms with Crippen molar-refractivity contribution in [3.63, 3.8) is 0 Å². The van der Waals surface area contributed by atoms with Gasteiger partial charge in [0.1, 0.15) is 5.60 Å². The Morgan fingerprint density at radius 1 is 1.56 bits per heavy atom. The molecule has 0 aromatic rings. The van der Waals surface area contributed by atoms with Crippen LogP contribution in [0.4, 0.5) is 0 Å². The van der Waals surface area contributed by atoms with Gasteiger partial charge in [-0.3, -0.25) is 10.6 Å². The fourth-order valence-electron chi connectivity index (χ4n) is 1.68. The van der Waals surface area contributed by atoms with Crippen LogP contribution in [0.15, 0.2) is 0 Å². The third-order valence-electron chi connectivity index (χ3n) is 2.41. The lowest BCUT2D eigenvalue weighted by atomic mass is 10.1. The average Bonchev–Trinajstić information content (AvgIpc) is 2.43. The Kier molecular flexibility index (Phi) is 5.69. The summed E-state index contributed by atoms with van der Waals surface area (Å²) in [6, 6.07) is -0.123. The molecule has 0 aromatic carbocycles. The highest BCUT2D eigenvalue weighted by Gasteiger charge is 2.36. The molecule has 1 fully saturated rings. The Labute approximate surface area is 102 Å². The Hall–Kier alpha value is -0.360. The van der Waals surface area contributed by atoms with Gasteiger partial charge in [0.25, 0.3) is 0 Å². The molecule has 96 valence electrons. The maximum absolute atomic E-state index is 11.7. The van der Waals surface area contributed by atoms with Crippen LogP contribution in [-0.2, 0) is 9.53 Å². The lowest BCUT2D eigenvalue weighted by Crippen LogP contribution is -2.38. The van der Waals surface area contributed by atoms with E-state index in [0.717, 1.165) is 0 Å². The molecule has 6 heteroatoms. The number of nitrogens with two attached hydrogens (primary N) is 1. The number of rotatable bonds is 2. The molecular weight excluding hydrogens is 232 g/mol. The first-order valence-electron chi connectivity index (χ1n) is 5.18. The number of hydrazine groups is 1. The number of nitrogens with zero attached hydrogens (tertiary/aromatic N) is 1. The summed E-state index contributed by atoms with van der Waals surface area (Å²) in [5.41, 5.74) is -0.464. The molecular formula is C10H21ClN2O3. The Morgan fingerprint density at radius 3 is 2.50 bits per heavy atom. The molecule has 0 saturated carbocycles. The Balaban J connectivity index is 0.00000225. The van der Waals surface area contributed by atoms with Crippen molar-refractivity contribution in [1.29, 1.82) is 0 Å². The highest BCUT2D eigenvalue weighted by atomic mass is 35.5. The number of hydrogen-bond acceptors (Lipinski definition) is 5. The summed E-state index contributed by atoms with van der Waals surface area (Å²) in [5, 5.41) is 10.5. The Morgan fingerprint density at radius 2 is 2.12 bits per heavy atom. The van der Waals surface area contributed by atoms with Crippen LogP contribution in [0.3, 0.4) is 0 Å². The minimum atomic E-state index is -0.464. The molecule has 1 aliphatic rings. The van der Waals surface area contributed by atoms with Crippen molar-refractivity contribution < 1.29 is 14.6 Å². The molecule has 2 unspecified atom stereocenters. The second-order valence-electron chi connectivity index (χ2n) is 5.00. The number of carbonyl (C=O) groups excluding carboxylic acids is 1. The third-order valence-corrected chi connectivity index (χ3v) is 2.41. The van der Waals surface area contributed by atoms with Gasteiger partial charge in [0.2, 0.25) is 0 Å². The molecule has 16 heavy (non-hydrogen) atoms. The molecule has 0 radical (unpaired) electrons. The predicted molar refractivity (Wildman–Crippen MR) is 63.0 cm³/mol. The molecule has 0 aromatic heterocycles. The van der Waals surface area contributed by atoms with Crippen molar-refractivity contribution in [1.82, 2.24) is 5.01 Å². The van der Waals surface area contributed by atoms with Gasteiger partial charge in [0.15, 0.2) is 0 Å². The fraction of sp³-hybridized carbons (Fsp3) is 0.900. The Bertz CT molecular complexity index is 243. The maximum Gasteiger partial charge on any atom is 0.310 e. The lowest BCUT2D eigenvalue weighted by molar-refractivity contribution is -0.159. The highest BCUT2D eigenvalue weighted by molar-refractivity contribution is 5.85. The normalized spacial score (nSPS) is 26.3. The predicted octanol–water partition coefficient (Wildman–Crippen LogP) is 0.306. The second kappa shape index (κ2) is 5.82. The summed E-state index contributed by atoms with van der Waals surface area (Å²) >= 11 is 0. The van der Waals surface area contributed by atoms with Crippen LogP contribution in [0, 0.1) is 5.92 Å². The zero-order valence-electron chi connectivity index (χ0n) is 9.97. The van der Waals surface area contributed by atoms with Gasteiger partial charge >= 0.3 is 5.97 Å². The van der Waals surface area contributed by atoms with Crippen molar-refractivity contribution in [2.24, 2.45) is 11.8 Å². The van der Waals surface area contributed by atoms with Crippen LogP contribution in [0.2, 0.25) is 0 Å². The van der Waals surface area contributed by atoms with E-state index in [4.69, 9.17) is 15.7 Å². The lowest BCUT2D eigenvalue weighted by Gasteiger charge is -2.21. The summed E-state index contributed by atoms with van der Waals surface area (Å²) in [4.78, 5) is 11.7. The SMILES string of the molecule is CC(C)(C)OC(=O)C1CC(CO)N(N)C1.Cl. The summed E-state index contributed by atoms with van der Waals surface area (Å²) in [7, 11) is 0.